The van der Waals surface area contributed by atoms with E-state index in [4.69, 9.17) is 0 Å². The Balaban J connectivity index is 1.10. The molecule has 0 amide bonds. The van der Waals surface area contributed by atoms with E-state index in [1.54, 1.807) is 0 Å². The van der Waals surface area contributed by atoms with Crippen molar-refractivity contribution in [3.63, 3.8) is 0 Å². The number of nitrogens with zero attached hydrogens (tertiary/aromatic N) is 1. The molecule has 0 saturated carbocycles. The van der Waals surface area contributed by atoms with Gasteiger partial charge in [-0.25, -0.2) is 0 Å². The molecule has 0 bridgehead atoms. The fraction of sp³-hybridized carbons (Fsp3) is 0. The van der Waals surface area contributed by atoms with Gasteiger partial charge in [-0.15, -0.1) is 0 Å². The molecule has 0 heterocycles. The van der Waals surface area contributed by atoms with Crippen molar-refractivity contribution >= 4 is 60.2 Å². The third kappa shape index (κ3) is 4.90. The molecule has 0 fully saturated rings. The average molecular weight is 598 g/mol. The zero-order valence-electron chi connectivity index (χ0n) is 25.8. The van der Waals surface area contributed by atoms with Crippen LogP contribution in [0.3, 0.4) is 0 Å². The largest absolute Gasteiger partial charge is 0.310 e. The summed E-state index contributed by atoms with van der Waals surface area (Å²) in [6.45, 7) is 0. The topological polar surface area (TPSA) is 3.24 Å². The van der Waals surface area contributed by atoms with E-state index in [0.29, 0.717) is 0 Å². The maximum atomic E-state index is 2.35. The molecule has 0 aromatic heterocycles. The number of benzene rings is 9. The van der Waals surface area contributed by atoms with Gasteiger partial charge in [0.1, 0.15) is 0 Å². The van der Waals surface area contributed by atoms with E-state index in [1.807, 2.05) is 0 Å². The van der Waals surface area contributed by atoms with E-state index >= 15 is 0 Å². The highest BCUT2D eigenvalue weighted by molar-refractivity contribution is 6.17. The molecule has 9 rings (SSSR count). The lowest BCUT2D eigenvalue weighted by Gasteiger charge is -2.26. The Bertz CT molecular complexity index is 2550. The van der Waals surface area contributed by atoms with Crippen molar-refractivity contribution in [1.82, 2.24) is 0 Å². The van der Waals surface area contributed by atoms with Gasteiger partial charge in [-0.1, -0.05) is 146 Å². The van der Waals surface area contributed by atoms with Crippen LogP contribution in [-0.2, 0) is 0 Å². The lowest BCUT2D eigenvalue weighted by Crippen LogP contribution is -2.09. The predicted octanol–water partition coefficient (Wildman–Crippen LogP) is 13.1. The minimum absolute atomic E-state index is 1.12. The molecule has 0 aliphatic rings. The van der Waals surface area contributed by atoms with Crippen LogP contribution in [0.4, 0.5) is 17.1 Å². The van der Waals surface area contributed by atoms with Gasteiger partial charge < -0.3 is 4.90 Å². The van der Waals surface area contributed by atoms with Gasteiger partial charge in [-0.05, 0) is 108 Å². The molecule has 0 aliphatic heterocycles. The second-order valence-corrected chi connectivity index (χ2v) is 12.2. The van der Waals surface area contributed by atoms with Gasteiger partial charge in [0.05, 0.1) is 0 Å². The summed E-state index contributed by atoms with van der Waals surface area (Å²) in [5, 5.41) is 10.2. The minimum Gasteiger partial charge on any atom is -0.310 e. The first-order chi connectivity index (χ1) is 23.3. The third-order valence-corrected chi connectivity index (χ3v) is 9.42. The lowest BCUT2D eigenvalue weighted by molar-refractivity contribution is 1.29. The summed E-state index contributed by atoms with van der Waals surface area (Å²) in [7, 11) is 0. The molecule has 0 unspecified atom stereocenters. The standard InChI is InChI=1S/C46H31N/c1-2-8-32(9-3-1)34-14-22-40(23-15-34)47(42-26-18-33-10-4-5-12-37(33)31-42)41-24-16-35(17-25-41)38-20-27-44-39(30-38)21-29-45-43-13-7-6-11-36(43)19-28-46(44)45/h1-31H. The van der Waals surface area contributed by atoms with Crippen molar-refractivity contribution in [1.29, 1.82) is 0 Å². The Hall–Kier alpha value is -6.18. The van der Waals surface area contributed by atoms with Crippen LogP contribution in [0.25, 0.3) is 65.3 Å². The quantitative estimate of drug-likeness (QED) is 0.178. The van der Waals surface area contributed by atoms with Crippen molar-refractivity contribution in [2.75, 3.05) is 4.90 Å². The molecule has 1 heteroatoms. The van der Waals surface area contributed by atoms with Crippen molar-refractivity contribution in [2.24, 2.45) is 0 Å². The number of anilines is 3. The van der Waals surface area contributed by atoms with Crippen LogP contribution in [0.15, 0.2) is 188 Å². The molecule has 0 atom stereocenters. The summed E-state index contributed by atoms with van der Waals surface area (Å²) in [5.74, 6) is 0. The highest BCUT2D eigenvalue weighted by Gasteiger charge is 2.14. The number of fused-ring (bicyclic) bond motifs is 6. The fourth-order valence-electron chi connectivity index (χ4n) is 7.01. The van der Waals surface area contributed by atoms with Crippen molar-refractivity contribution in [2.45, 2.75) is 0 Å². The maximum Gasteiger partial charge on any atom is 0.0468 e. The lowest BCUT2D eigenvalue weighted by atomic mass is 9.95. The summed E-state index contributed by atoms with van der Waals surface area (Å²) in [6, 6.07) is 68.2. The Morgan fingerprint density at radius 3 is 1.43 bits per heavy atom. The smallest absolute Gasteiger partial charge is 0.0468 e. The monoisotopic (exact) mass is 597 g/mol. The van der Waals surface area contributed by atoms with Crippen molar-refractivity contribution in [3.05, 3.63) is 188 Å². The van der Waals surface area contributed by atoms with Crippen LogP contribution in [-0.4, -0.2) is 0 Å². The van der Waals surface area contributed by atoms with E-state index in [9.17, 15) is 0 Å². The fourth-order valence-corrected chi connectivity index (χ4v) is 7.01. The molecule has 9 aromatic carbocycles. The number of rotatable bonds is 5. The van der Waals surface area contributed by atoms with E-state index in [-0.39, 0.29) is 0 Å². The average Bonchev–Trinajstić information content (AvgIpc) is 3.15. The van der Waals surface area contributed by atoms with Gasteiger partial charge in [0.25, 0.3) is 0 Å². The molecule has 9 aromatic rings. The van der Waals surface area contributed by atoms with Crippen molar-refractivity contribution < 1.29 is 0 Å². The molecule has 0 N–H and O–H groups in total. The zero-order chi connectivity index (χ0) is 31.2. The maximum absolute atomic E-state index is 2.35. The van der Waals surface area contributed by atoms with Crippen LogP contribution < -0.4 is 4.90 Å². The summed E-state index contributed by atoms with van der Waals surface area (Å²) in [6.07, 6.45) is 0. The van der Waals surface area contributed by atoms with E-state index in [0.717, 1.165) is 17.1 Å². The zero-order valence-corrected chi connectivity index (χ0v) is 25.8. The van der Waals surface area contributed by atoms with Gasteiger partial charge in [-0.3, -0.25) is 0 Å². The highest BCUT2D eigenvalue weighted by Crippen LogP contribution is 2.39. The Kier molecular flexibility index (Phi) is 6.54. The van der Waals surface area contributed by atoms with Crippen LogP contribution in [0.5, 0.6) is 0 Å². The summed E-state index contributed by atoms with van der Waals surface area (Å²) in [5.41, 5.74) is 8.22. The first kappa shape index (κ1) is 27.2. The van der Waals surface area contributed by atoms with Gasteiger partial charge in [0.2, 0.25) is 0 Å². The van der Waals surface area contributed by atoms with Gasteiger partial charge in [-0.2, -0.15) is 0 Å². The molecule has 0 saturated heterocycles. The van der Waals surface area contributed by atoms with E-state index in [1.165, 1.54) is 65.3 Å². The van der Waals surface area contributed by atoms with E-state index < -0.39 is 0 Å². The normalized spacial score (nSPS) is 11.4. The predicted molar refractivity (Wildman–Crippen MR) is 202 cm³/mol. The minimum atomic E-state index is 1.12. The van der Waals surface area contributed by atoms with Gasteiger partial charge >= 0.3 is 0 Å². The number of hydrogen-bond donors (Lipinski definition) is 0. The molecule has 220 valence electrons. The Morgan fingerprint density at radius 2 is 0.702 bits per heavy atom. The summed E-state index contributed by atoms with van der Waals surface area (Å²) >= 11 is 0. The van der Waals surface area contributed by atoms with Crippen LogP contribution in [0.2, 0.25) is 0 Å². The molecule has 0 aliphatic carbocycles. The van der Waals surface area contributed by atoms with Crippen LogP contribution in [0, 0.1) is 0 Å². The Labute approximate surface area is 274 Å². The molecule has 47 heavy (non-hydrogen) atoms. The number of hydrogen-bond acceptors (Lipinski definition) is 1. The molecule has 0 radical (unpaired) electrons. The highest BCUT2D eigenvalue weighted by atomic mass is 15.1. The second-order valence-electron chi connectivity index (χ2n) is 12.2. The SMILES string of the molecule is c1ccc(-c2ccc(N(c3ccc(-c4ccc5c(ccc6c7ccccc7ccc56)c4)cc3)c3ccc4ccccc4c3)cc2)cc1. The Morgan fingerprint density at radius 1 is 0.234 bits per heavy atom. The summed E-state index contributed by atoms with van der Waals surface area (Å²) in [4.78, 5) is 2.35. The molecule has 1 nitrogen and oxygen atoms in total. The molecular formula is C46H31N. The molecule has 0 spiro atoms. The third-order valence-electron chi connectivity index (χ3n) is 9.42. The van der Waals surface area contributed by atoms with Crippen LogP contribution >= 0.6 is 0 Å². The van der Waals surface area contributed by atoms with Gasteiger partial charge in [0, 0.05) is 17.1 Å². The second kappa shape index (κ2) is 11.3. The van der Waals surface area contributed by atoms with Gasteiger partial charge in [0.15, 0.2) is 0 Å². The van der Waals surface area contributed by atoms with Crippen LogP contribution in [0.1, 0.15) is 0 Å². The van der Waals surface area contributed by atoms with E-state index in [2.05, 4.69) is 193 Å². The summed E-state index contributed by atoms with van der Waals surface area (Å²) < 4.78 is 0. The van der Waals surface area contributed by atoms with Crippen molar-refractivity contribution in [3.8, 4) is 22.3 Å². The first-order valence-electron chi connectivity index (χ1n) is 16.2. The molecular weight excluding hydrogens is 567 g/mol. The first-order valence-corrected chi connectivity index (χ1v) is 16.2.